The summed E-state index contributed by atoms with van der Waals surface area (Å²) in [6.45, 7) is 6.17. The zero-order valence-electron chi connectivity index (χ0n) is 10.6. The lowest BCUT2D eigenvalue weighted by molar-refractivity contribution is -0.143. The van der Waals surface area contributed by atoms with Crippen molar-refractivity contribution >= 4 is 5.97 Å². The van der Waals surface area contributed by atoms with Gasteiger partial charge >= 0.3 is 5.97 Å². The quantitative estimate of drug-likeness (QED) is 0.591. The molecule has 1 rings (SSSR count). The van der Waals surface area contributed by atoms with Gasteiger partial charge in [-0.1, -0.05) is 13.0 Å². The van der Waals surface area contributed by atoms with E-state index in [4.69, 9.17) is 4.74 Å². The van der Waals surface area contributed by atoms with E-state index >= 15 is 0 Å². The highest BCUT2D eigenvalue weighted by Crippen LogP contribution is 2.18. The van der Waals surface area contributed by atoms with Gasteiger partial charge in [-0.2, -0.15) is 5.10 Å². The van der Waals surface area contributed by atoms with Crippen molar-refractivity contribution in [2.75, 3.05) is 13.7 Å². The molecule has 0 fully saturated rings. The van der Waals surface area contributed by atoms with Crippen molar-refractivity contribution in [1.29, 1.82) is 0 Å². The zero-order valence-corrected chi connectivity index (χ0v) is 10.6. The lowest BCUT2D eigenvalue weighted by atomic mass is 10.1. The molecule has 1 aromatic heterocycles. The van der Waals surface area contributed by atoms with E-state index in [2.05, 4.69) is 17.0 Å². The molecule has 94 valence electrons. The summed E-state index contributed by atoms with van der Waals surface area (Å²) in [7, 11) is 3.22. The van der Waals surface area contributed by atoms with E-state index in [9.17, 15) is 4.79 Å². The number of aromatic nitrogens is 2. The third kappa shape index (κ3) is 3.17. The average Bonchev–Trinajstić information content (AvgIpc) is 2.70. The fraction of sp³-hybridized carbons (Fsp3) is 0.500. The number of aryl methyl sites for hydroxylation is 2. The van der Waals surface area contributed by atoms with E-state index in [0.717, 1.165) is 17.7 Å². The summed E-state index contributed by atoms with van der Waals surface area (Å²) < 4.78 is 6.51. The SMILES string of the molecule is C=CCNC(C(=O)OC)c1cn(C)nc1CC. The second-order valence-electron chi connectivity index (χ2n) is 3.71. The van der Waals surface area contributed by atoms with Crippen LogP contribution in [0.5, 0.6) is 0 Å². The normalized spacial score (nSPS) is 12.2. The number of esters is 1. The minimum atomic E-state index is -0.485. The molecule has 17 heavy (non-hydrogen) atoms. The summed E-state index contributed by atoms with van der Waals surface area (Å²) in [5, 5.41) is 7.40. The molecule has 1 aromatic rings. The lowest BCUT2D eigenvalue weighted by Crippen LogP contribution is -2.30. The number of hydrogen-bond acceptors (Lipinski definition) is 4. The highest BCUT2D eigenvalue weighted by Gasteiger charge is 2.24. The molecule has 1 N–H and O–H groups in total. The molecule has 0 spiro atoms. The fourth-order valence-electron chi connectivity index (χ4n) is 1.71. The first-order valence-corrected chi connectivity index (χ1v) is 5.58. The first kappa shape index (κ1) is 13.4. The van der Waals surface area contributed by atoms with Crippen LogP contribution in [0.25, 0.3) is 0 Å². The molecule has 5 heteroatoms. The number of carbonyl (C=O) groups excluding carboxylic acids is 1. The minimum absolute atomic E-state index is 0.311. The minimum Gasteiger partial charge on any atom is -0.468 e. The van der Waals surface area contributed by atoms with Gasteiger partial charge in [0.15, 0.2) is 0 Å². The number of nitrogens with zero attached hydrogens (tertiary/aromatic N) is 2. The molecule has 1 heterocycles. The molecule has 0 aliphatic heterocycles. The van der Waals surface area contributed by atoms with Crippen molar-refractivity contribution in [3.63, 3.8) is 0 Å². The number of nitrogens with one attached hydrogen (secondary N) is 1. The van der Waals surface area contributed by atoms with Crippen LogP contribution in [-0.2, 0) is 23.0 Å². The van der Waals surface area contributed by atoms with Crippen molar-refractivity contribution in [2.24, 2.45) is 7.05 Å². The Kier molecular flexibility index (Phi) is 4.90. The van der Waals surface area contributed by atoms with Crippen molar-refractivity contribution in [3.05, 3.63) is 30.1 Å². The summed E-state index contributed by atoms with van der Waals surface area (Å²) in [6, 6.07) is -0.485. The van der Waals surface area contributed by atoms with Crippen LogP contribution < -0.4 is 5.32 Å². The molecule has 0 radical (unpaired) electrons. The average molecular weight is 237 g/mol. The third-order valence-corrected chi connectivity index (χ3v) is 2.49. The van der Waals surface area contributed by atoms with Gasteiger partial charge in [-0.25, -0.2) is 4.79 Å². The highest BCUT2D eigenvalue weighted by molar-refractivity contribution is 5.77. The summed E-state index contributed by atoms with van der Waals surface area (Å²) in [6.07, 6.45) is 4.33. The molecule has 0 aliphatic rings. The highest BCUT2D eigenvalue weighted by atomic mass is 16.5. The molecule has 1 atom stereocenters. The van der Waals surface area contributed by atoms with E-state index < -0.39 is 6.04 Å². The maximum absolute atomic E-state index is 11.7. The Morgan fingerprint density at radius 1 is 1.76 bits per heavy atom. The molecular weight excluding hydrogens is 218 g/mol. The van der Waals surface area contributed by atoms with Crippen molar-refractivity contribution < 1.29 is 9.53 Å². The predicted molar refractivity (Wildman–Crippen MR) is 65.5 cm³/mol. The number of hydrogen-bond donors (Lipinski definition) is 1. The predicted octanol–water partition coefficient (Wildman–Crippen LogP) is 0.972. The Morgan fingerprint density at radius 2 is 2.47 bits per heavy atom. The summed E-state index contributed by atoms with van der Waals surface area (Å²) in [4.78, 5) is 11.7. The van der Waals surface area contributed by atoms with Crippen molar-refractivity contribution in [3.8, 4) is 0 Å². The Bertz CT molecular complexity index is 398. The van der Waals surface area contributed by atoms with Crippen LogP contribution in [0.4, 0.5) is 0 Å². The van der Waals surface area contributed by atoms with Crippen LogP contribution in [0.1, 0.15) is 24.2 Å². The Hall–Kier alpha value is -1.62. The standard InChI is InChI=1S/C12H19N3O2/c1-5-7-13-11(12(16)17-4)9-8-15(3)14-10(9)6-2/h5,8,11,13H,1,6-7H2,2-4H3. The summed E-state index contributed by atoms with van der Waals surface area (Å²) in [5.41, 5.74) is 1.77. The lowest BCUT2D eigenvalue weighted by Gasteiger charge is -2.15. The van der Waals surface area contributed by atoms with Crippen LogP contribution in [0, 0.1) is 0 Å². The largest absolute Gasteiger partial charge is 0.468 e. The van der Waals surface area contributed by atoms with Crippen LogP contribution in [0.2, 0.25) is 0 Å². The zero-order chi connectivity index (χ0) is 12.8. The topological polar surface area (TPSA) is 56.1 Å². The van der Waals surface area contributed by atoms with Gasteiger partial charge in [0, 0.05) is 25.4 Å². The molecule has 0 amide bonds. The van der Waals surface area contributed by atoms with Crippen LogP contribution >= 0.6 is 0 Å². The van der Waals surface area contributed by atoms with Crippen LogP contribution in [-0.4, -0.2) is 29.4 Å². The number of ether oxygens (including phenoxy) is 1. The van der Waals surface area contributed by atoms with Gasteiger partial charge in [-0.15, -0.1) is 6.58 Å². The fourth-order valence-corrected chi connectivity index (χ4v) is 1.71. The number of carbonyl (C=O) groups is 1. The van der Waals surface area contributed by atoms with E-state index in [1.165, 1.54) is 7.11 Å². The first-order valence-electron chi connectivity index (χ1n) is 5.58. The second-order valence-corrected chi connectivity index (χ2v) is 3.71. The van der Waals surface area contributed by atoms with Crippen molar-refractivity contribution in [1.82, 2.24) is 15.1 Å². The van der Waals surface area contributed by atoms with E-state index in [0.29, 0.717) is 6.54 Å². The van der Waals surface area contributed by atoms with Crippen LogP contribution in [0.3, 0.4) is 0 Å². The van der Waals surface area contributed by atoms with Gasteiger partial charge in [-0.05, 0) is 6.42 Å². The molecular formula is C12H19N3O2. The molecule has 1 unspecified atom stereocenters. The van der Waals surface area contributed by atoms with E-state index in [-0.39, 0.29) is 5.97 Å². The summed E-state index contributed by atoms with van der Waals surface area (Å²) >= 11 is 0. The molecule has 5 nitrogen and oxygen atoms in total. The monoisotopic (exact) mass is 237 g/mol. The van der Waals surface area contributed by atoms with E-state index in [1.54, 1.807) is 10.8 Å². The second kappa shape index (κ2) is 6.20. The molecule has 0 saturated heterocycles. The van der Waals surface area contributed by atoms with Gasteiger partial charge in [0.05, 0.1) is 12.8 Å². The van der Waals surface area contributed by atoms with Gasteiger partial charge in [-0.3, -0.25) is 10.00 Å². The van der Waals surface area contributed by atoms with Gasteiger partial charge in [0.25, 0.3) is 0 Å². The Morgan fingerprint density at radius 3 is 3.00 bits per heavy atom. The Balaban J connectivity index is 3.02. The van der Waals surface area contributed by atoms with Gasteiger partial charge in [0.1, 0.15) is 6.04 Å². The Labute approximate surface area is 101 Å². The van der Waals surface area contributed by atoms with Gasteiger partial charge in [0.2, 0.25) is 0 Å². The number of rotatable bonds is 6. The van der Waals surface area contributed by atoms with E-state index in [1.807, 2.05) is 20.2 Å². The smallest absolute Gasteiger partial charge is 0.327 e. The summed E-state index contributed by atoms with van der Waals surface area (Å²) in [5.74, 6) is -0.311. The maximum Gasteiger partial charge on any atom is 0.327 e. The maximum atomic E-state index is 11.7. The first-order chi connectivity index (χ1) is 8.13. The van der Waals surface area contributed by atoms with Gasteiger partial charge < -0.3 is 4.74 Å². The molecule has 0 saturated carbocycles. The van der Waals surface area contributed by atoms with Crippen LogP contribution in [0.15, 0.2) is 18.9 Å². The third-order valence-electron chi connectivity index (χ3n) is 2.49. The van der Waals surface area contributed by atoms with Crippen molar-refractivity contribution in [2.45, 2.75) is 19.4 Å². The molecule has 0 bridgehead atoms. The molecule has 0 aromatic carbocycles. The molecule has 0 aliphatic carbocycles. The number of methoxy groups -OCH3 is 1.